The molecule has 3 heterocycles. The Morgan fingerprint density at radius 1 is 1.13 bits per heavy atom. The zero-order valence-electron chi connectivity index (χ0n) is 16.6. The minimum Gasteiger partial charge on any atom is -0.481 e. The molecule has 4 rings (SSSR count). The largest absolute Gasteiger partial charge is 0.481 e. The Morgan fingerprint density at radius 2 is 1.97 bits per heavy atom. The van der Waals surface area contributed by atoms with E-state index in [0.717, 1.165) is 21.1 Å². The average Bonchev–Trinajstić information content (AvgIpc) is 3.38. The van der Waals surface area contributed by atoms with Crippen LogP contribution in [-0.4, -0.2) is 26.2 Å². The number of nitrogens with zero attached hydrogens (tertiary/aromatic N) is 3. The predicted octanol–water partition coefficient (Wildman–Crippen LogP) is 4.29. The third kappa shape index (κ3) is 5.26. The van der Waals surface area contributed by atoms with Gasteiger partial charge in [0.25, 0.3) is 5.88 Å². The van der Waals surface area contributed by atoms with Crippen LogP contribution in [0.15, 0.2) is 59.3 Å². The van der Waals surface area contributed by atoms with Crippen molar-refractivity contribution in [2.24, 2.45) is 0 Å². The summed E-state index contributed by atoms with van der Waals surface area (Å²) < 4.78 is 16.6. The minimum absolute atomic E-state index is 0.0495. The average molecular weight is 437 g/mol. The van der Waals surface area contributed by atoms with Crippen LogP contribution in [0.1, 0.15) is 21.9 Å². The second-order valence-electron chi connectivity index (χ2n) is 6.63. The summed E-state index contributed by atoms with van der Waals surface area (Å²) in [6.07, 6.45) is 1.36. The van der Waals surface area contributed by atoms with Crippen LogP contribution in [0.4, 0.5) is 0 Å². The molecule has 0 bridgehead atoms. The first-order valence-corrected chi connectivity index (χ1v) is 10.3. The van der Waals surface area contributed by atoms with Crippen molar-refractivity contribution in [3.05, 3.63) is 76.6 Å². The summed E-state index contributed by atoms with van der Waals surface area (Å²) in [5.74, 6) is 0.0391. The number of carboxylic acid groups (broad SMARTS) is 1. The number of pyridine rings is 1. The maximum atomic E-state index is 11.0. The number of aryl methyl sites for hydroxylation is 1. The maximum Gasteiger partial charge on any atom is 0.308 e. The van der Waals surface area contributed by atoms with Crippen molar-refractivity contribution < 1.29 is 23.9 Å². The van der Waals surface area contributed by atoms with Gasteiger partial charge in [0.2, 0.25) is 5.88 Å². The molecule has 0 radical (unpaired) electrons. The van der Waals surface area contributed by atoms with Crippen LogP contribution in [0.2, 0.25) is 0 Å². The smallest absolute Gasteiger partial charge is 0.308 e. The molecule has 31 heavy (non-hydrogen) atoms. The summed E-state index contributed by atoms with van der Waals surface area (Å²) in [5, 5.41) is 13.8. The molecule has 1 aromatic carbocycles. The van der Waals surface area contributed by atoms with Crippen LogP contribution in [0.3, 0.4) is 0 Å². The van der Waals surface area contributed by atoms with Crippen LogP contribution in [-0.2, 0) is 24.4 Å². The first kappa shape index (κ1) is 20.5. The molecule has 0 aliphatic carbocycles. The fourth-order valence-electron chi connectivity index (χ4n) is 2.83. The first-order chi connectivity index (χ1) is 15.1. The number of benzene rings is 1. The van der Waals surface area contributed by atoms with Crippen molar-refractivity contribution in [2.45, 2.75) is 26.6 Å². The summed E-state index contributed by atoms with van der Waals surface area (Å²) in [4.78, 5) is 20.8. The number of carboxylic acids is 1. The maximum absolute atomic E-state index is 11.0. The molecule has 3 aromatic heterocycles. The monoisotopic (exact) mass is 437 g/mol. The highest BCUT2D eigenvalue weighted by Crippen LogP contribution is 2.28. The first-order valence-electron chi connectivity index (χ1n) is 9.47. The van der Waals surface area contributed by atoms with E-state index in [2.05, 4.69) is 15.1 Å². The van der Waals surface area contributed by atoms with Gasteiger partial charge in [0.05, 0.1) is 12.1 Å². The van der Waals surface area contributed by atoms with Gasteiger partial charge in [0, 0.05) is 28.3 Å². The molecular weight excluding hydrogens is 418 g/mol. The normalized spacial score (nSPS) is 10.7. The Bertz CT molecular complexity index is 1170. The van der Waals surface area contributed by atoms with E-state index in [0.29, 0.717) is 17.2 Å². The second kappa shape index (κ2) is 9.40. The van der Waals surface area contributed by atoms with Gasteiger partial charge < -0.3 is 19.1 Å². The van der Waals surface area contributed by atoms with E-state index >= 15 is 0 Å². The molecule has 0 saturated carbocycles. The topological polar surface area (TPSA) is 108 Å². The third-order valence-electron chi connectivity index (χ3n) is 4.35. The lowest BCUT2D eigenvalue weighted by Crippen LogP contribution is -2.05. The SMILES string of the molecule is Cc1sc(-c2ccccc2)nc1COc1cc(COc2ncccc2CC(=O)O)on1. The van der Waals surface area contributed by atoms with Crippen molar-refractivity contribution in [1.82, 2.24) is 15.1 Å². The Morgan fingerprint density at radius 3 is 2.77 bits per heavy atom. The summed E-state index contributed by atoms with van der Waals surface area (Å²) in [6, 6.07) is 14.9. The number of hydrogen-bond acceptors (Lipinski definition) is 8. The molecule has 0 atom stereocenters. The van der Waals surface area contributed by atoms with Gasteiger partial charge in [-0.15, -0.1) is 11.3 Å². The highest BCUT2D eigenvalue weighted by molar-refractivity contribution is 7.15. The zero-order valence-corrected chi connectivity index (χ0v) is 17.5. The van der Waals surface area contributed by atoms with Gasteiger partial charge in [0.15, 0.2) is 12.4 Å². The van der Waals surface area contributed by atoms with Gasteiger partial charge in [-0.2, -0.15) is 0 Å². The highest BCUT2D eigenvalue weighted by atomic mass is 32.1. The minimum atomic E-state index is -0.957. The van der Waals surface area contributed by atoms with E-state index < -0.39 is 5.97 Å². The molecular formula is C22H19N3O5S. The molecule has 0 saturated heterocycles. The lowest BCUT2D eigenvalue weighted by Gasteiger charge is -2.06. The lowest BCUT2D eigenvalue weighted by molar-refractivity contribution is -0.136. The van der Waals surface area contributed by atoms with Crippen LogP contribution >= 0.6 is 11.3 Å². The third-order valence-corrected chi connectivity index (χ3v) is 5.41. The quantitative estimate of drug-likeness (QED) is 0.413. The molecule has 0 spiro atoms. The van der Waals surface area contributed by atoms with Crippen molar-refractivity contribution in [2.75, 3.05) is 0 Å². The molecule has 0 aliphatic rings. The van der Waals surface area contributed by atoms with Gasteiger partial charge in [0.1, 0.15) is 11.6 Å². The molecule has 0 unspecified atom stereocenters. The van der Waals surface area contributed by atoms with Crippen LogP contribution < -0.4 is 9.47 Å². The van der Waals surface area contributed by atoms with Crippen molar-refractivity contribution in [3.63, 3.8) is 0 Å². The number of aromatic nitrogens is 3. The Kier molecular flexibility index (Phi) is 6.23. The summed E-state index contributed by atoms with van der Waals surface area (Å²) >= 11 is 1.62. The molecule has 1 N–H and O–H groups in total. The van der Waals surface area contributed by atoms with E-state index in [1.165, 1.54) is 6.20 Å². The number of ether oxygens (including phenoxy) is 2. The Labute approximate surface area is 182 Å². The number of aliphatic carboxylic acids is 1. The van der Waals surface area contributed by atoms with Crippen molar-refractivity contribution in [1.29, 1.82) is 0 Å². The van der Waals surface area contributed by atoms with Crippen molar-refractivity contribution >= 4 is 17.3 Å². The van der Waals surface area contributed by atoms with Gasteiger partial charge in [-0.3, -0.25) is 4.79 Å². The molecule has 8 nitrogen and oxygen atoms in total. The summed E-state index contributed by atoms with van der Waals surface area (Å²) in [6.45, 7) is 2.32. The second-order valence-corrected chi connectivity index (χ2v) is 7.84. The lowest BCUT2D eigenvalue weighted by atomic mass is 10.2. The molecule has 4 aromatic rings. The fourth-order valence-corrected chi connectivity index (χ4v) is 3.75. The number of carbonyl (C=O) groups is 1. The highest BCUT2D eigenvalue weighted by Gasteiger charge is 2.13. The van der Waals surface area contributed by atoms with E-state index in [4.69, 9.17) is 19.1 Å². The van der Waals surface area contributed by atoms with Crippen LogP contribution in [0.5, 0.6) is 11.8 Å². The Hall–Kier alpha value is -3.72. The molecule has 0 amide bonds. The van der Waals surface area contributed by atoms with Gasteiger partial charge >= 0.3 is 5.97 Å². The van der Waals surface area contributed by atoms with Crippen LogP contribution in [0, 0.1) is 6.92 Å². The summed E-state index contributed by atoms with van der Waals surface area (Å²) in [7, 11) is 0. The van der Waals surface area contributed by atoms with E-state index in [1.807, 2.05) is 37.3 Å². The van der Waals surface area contributed by atoms with E-state index in [-0.39, 0.29) is 25.5 Å². The van der Waals surface area contributed by atoms with E-state index in [9.17, 15) is 4.79 Å². The molecule has 0 aliphatic heterocycles. The van der Waals surface area contributed by atoms with Gasteiger partial charge in [-0.25, -0.2) is 9.97 Å². The predicted molar refractivity (Wildman–Crippen MR) is 113 cm³/mol. The summed E-state index contributed by atoms with van der Waals surface area (Å²) in [5.41, 5.74) is 2.40. The number of hydrogen-bond donors (Lipinski definition) is 1. The Balaban J connectivity index is 1.35. The number of rotatable bonds is 9. The zero-order chi connectivity index (χ0) is 21.6. The van der Waals surface area contributed by atoms with Crippen molar-refractivity contribution in [3.8, 4) is 22.3 Å². The molecule has 0 fully saturated rings. The standard InChI is InChI=1S/C22H19N3O5S/c1-14-18(24-22(31-14)15-6-3-2-4-7-15)13-28-19-11-17(30-25-19)12-29-21-16(10-20(26)27)8-5-9-23-21/h2-9,11H,10,12-13H2,1H3,(H,26,27). The fraction of sp³-hybridized carbons (Fsp3) is 0.182. The molecule has 9 heteroatoms. The van der Waals surface area contributed by atoms with Gasteiger partial charge in [-0.05, 0) is 18.1 Å². The van der Waals surface area contributed by atoms with Crippen LogP contribution in [0.25, 0.3) is 10.6 Å². The van der Waals surface area contributed by atoms with E-state index in [1.54, 1.807) is 29.5 Å². The van der Waals surface area contributed by atoms with Gasteiger partial charge in [-0.1, -0.05) is 36.4 Å². The number of thiazole rings is 1. The molecule has 158 valence electrons.